The second kappa shape index (κ2) is 10.4. The lowest BCUT2D eigenvalue weighted by molar-refractivity contribution is -0.116. The van der Waals surface area contributed by atoms with Crippen molar-refractivity contribution < 1.29 is 14.3 Å². The van der Waals surface area contributed by atoms with E-state index in [1.54, 1.807) is 13.2 Å². The van der Waals surface area contributed by atoms with E-state index in [0.29, 0.717) is 19.8 Å². The Morgan fingerprint density at radius 3 is 2.61 bits per heavy atom. The second-order valence-corrected chi connectivity index (χ2v) is 7.39. The van der Waals surface area contributed by atoms with Crippen molar-refractivity contribution in [1.29, 1.82) is 0 Å². The second-order valence-electron chi connectivity index (χ2n) is 6.54. The van der Waals surface area contributed by atoms with Crippen LogP contribution in [-0.4, -0.2) is 50.8 Å². The minimum atomic E-state index is -0.109. The summed E-state index contributed by atoms with van der Waals surface area (Å²) in [6.45, 7) is 3.65. The van der Waals surface area contributed by atoms with Crippen LogP contribution in [0.5, 0.6) is 5.75 Å². The fourth-order valence-corrected chi connectivity index (χ4v) is 3.62. The Morgan fingerprint density at radius 1 is 1.21 bits per heavy atom. The van der Waals surface area contributed by atoms with Gasteiger partial charge in [-0.25, -0.2) is 0 Å². The molecule has 1 fully saturated rings. The largest absolute Gasteiger partial charge is 0.497 e. The molecule has 1 unspecified atom stereocenters. The smallest absolute Gasteiger partial charge is 0.244 e. The summed E-state index contributed by atoms with van der Waals surface area (Å²) in [6, 6.07) is 15.9. The molecular weight excluding hydrogens is 420 g/mol. The number of halogens is 1. The van der Waals surface area contributed by atoms with Gasteiger partial charge in [0.2, 0.25) is 5.91 Å². The Balaban J connectivity index is 1.66. The van der Waals surface area contributed by atoms with Crippen LogP contribution in [0.15, 0.2) is 59.1 Å². The number of amides is 1. The molecule has 148 valence electrons. The monoisotopic (exact) mass is 444 g/mol. The fourth-order valence-electron chi connectivity index (χ4n) is 3.20. The first-order chi connectivity index (χ1) is 13.7. The summed E-state index contributed by atoms with van der Waals surface area (Å²) in [5.41, 5.74) is 2.12. The first-order valence-electron chi connectivity index (χ1n) is 9.33. The molecule has 0 radical (unpaired) electrons. The molecule has 1 saturated heterocycles. The molecule has 1 N–H and O–H groups in total. The zero-order valence-corrected chi connectivity index (χ0v) is 17.5. The molecule has 1 heterocycles. The number of benzene rings is 2. The normalized spacial score (nSPS) is 16.1. The lowest BCUT2D eigenvalue weighted by Gasteiger charge is -2.34. The number of carbonyl (C=O) groups is 1. The molecule has 2 aromatic carbocycles. The van der Waals surface area contributed by atoms with Crippen LogP contribution < -0.4 is 10.1 Å². The van der Waals surface area contributed by atoms with E-state index in [0.717, 1.165) is 34.4 Å². The third kappa shape index (κ3) is 5.67. The van der Waals surface area contributed by atoms with Crippen LogP contribution in [0, 0.1) is 0 Å². The van der Waals surface area contributed by atoms with Gasteiger partial charge in [-0.2, -0.15) is 0 Å². The van der Waals surface area contributed by atoms with Gasteiger partial charge in [0.25, 0.3) is 0 Å². The number of rotatable bonds is 7. The van der Waals surface area contributed by atoms with Gasteiger partial charge < -0.3 is 14.8 Å². The minimum absolute atomic E-state index is 0.0932. The number of morpholine rings is 1. The number of ether oxygens (including phenoxy) is 2. The Hall–Kier alpha value is -2.15. The van der Waals surface area contributed by atoms with Crippen molar-refractivity contribution in [3.05, 3.63) is 70.2 Å². The highest BCUT2D eigenvalue weighted by molar-refractivity contribution is 9.10. The third-order valence-corrected chi connectivity index (χ3v) is 5.50. The van der Waals surface area contributed by atoms with Crippen molar-refractivity contribution >= 4 is 27.9 Å². The van der Waals surface area contributed by atoms with E-state index in [9.17, 15) is 4.79 Å². The summed E-state index contributed by atoms with van der Waals surface area (Å²) >= 11 is 3.49. The van der Waals surface area contributed by atoms with Crippen molar-refractivity contribution in [2.75, 3.05) is 40.0 Å². The molecular formula is C22H25BrN2O3. The summed E-state index contributed by atoms with van der Waals surface area (Å²) in [5.74, 6) is 0.715. The maximum Gasteiger partial charge on any atom is 0.244 e. The van der Waals surface area contributed by atoms with E-state index in [4.69, 9.17) is 9.47 Å². The van der Waals surface area contributed by atoms with Crippen LogP contribution in [-0.2, 0) is 9.53 Å². The fraction of sp³-hybridized carbons (Fsp3) is 0.318. The maximum absolute atomic E-state index is 12.4. The number of methoxy groups -OCH3 is 1. The summed E-state index contributed by atoms with van der Waals surface area (Å²) in [5, 5.41) is 3.04. The van der Waals surface area contributed by atoms with Crippen LogP contribution in [0.1, 0.15) is 17.2 Å². The Morgan fingerprint density at radius 2 is 1.93 bits per heavy atom. The summed E-state index contributed by atoms with van der Waals surface area (Å²) < 4.78 is 11.7. The zero-order valence-electron chi connectivity index (χ0n) is 15.9. The van der Waals surface area contributed by atoms with Crippen molar-refractivity contribution in [3.63, 3.8) is 0 Å². The number of nitrogens with zero attached hydrogens (tertiary/aromatic N) is 1. The maximum atomic E-state index is 12.4. The molecule has 2 aromatic rings. The molecule has 1 amide bonds. The van der Waals surface area contributed by atoms with Crippen molar-refractivity contribution in [2.45, 2.75) is 6.04 Å². The molecule has 0 saturated carbocycles. The molecule has 1 aliphatic heterocycles. The van der Waals surface area contributed by atoms with Crippen LogP contribution in [0.3, 0.4) is 0 Å². The van der Waals surface area contributed by atoms with Crippen molar-refractivity contribution in [3.8, 4) is 5.75 Å². The Bertz CT molecular complexity index is 802. The Labute approximate surface area is 174 Å². The predicted octanol–water partition coefficient (Wildman–Crippen LogP) is 3.66. The molecule has 1 aliphatic rings. The number of hydrogen-bond donors (Lipinski definition) is 1. The van der Waals surface area contributed by atoms with Crippen LogP contribution >= 0.6 is 15.9 Å². The highest BCUT2D eigenvalue weighted by Crippen LogP contribution is 2.24. The van der Waals surface area contributed by atoms with Gasteiger partial charge in [-0.3, -0.25) is 9.69 Å². The highest BCUT2D eigenvalue weighted by Gasteiger charge is 2.23. The molecule has 0 aliphatic carbocycles. The molecule has 3 rings (SSSR count). The third-order valence-electron chi connectivity index (χ3n) is 4.78. The molecule has 0 bridgehead atoms. The van der Waals surface area contributed by atoms with Crippen LogP contribution in [0.4, 0.5) is 0 Å². The number of nitrogens with one attached hydrogen (secondary N) is 1. The van der Waals surface area contributed by atoms with Crippen molar-refractivity contribution in [1.82, 2.24) is 10.2 Å². The summed E-state index contributed by atoms with van der Waals surface area (Å²) in [7, 11) is 1.66. The van der Waals surface area contributed by atoms with Crippen LogP contribution in [0.2, 0.25) is 0 Å². The summed E-state index contributed by atoms with van der Waals surface area (Å²) in [4.78, 5) is 14.7. The van der Waals surface area contributed by atoms with Gasteiger partial charge in [-0.05, 0) is 35.4 Å². The minimum Gasteiger partial charge on any atom is -0.497 e. The van der Waals surface area contributed by atoms with E-state index >= 15 is 0 Å². The molecule has 6 heteroatoms. The number of hydrogen-bond acceptors (Lipinski definition) is 4. The van der Waals surface area contributed by atoms with E-state index in [-0.39, 0.29) is 11.9 Å². The van der Waals surface area contributed by atoms with Gasteiger partial charge in [0.15, 0.2) is 0 Å². The SMILES string of the molecule is COc1ccc(C(CNC(=O)/C=C/c2ccccc2Br)N2CCOCC2)cc1. The molecule has 0 aromatic heterocycles. The van der Waals surface area contributed by atoms with Gasteiger partial charge in [-0.1, -0.05) is 46.3 Å². The standard InChI is InChI=1S/C22H25BrN2O3/c1-27-19-9-6-18(7-10-19)21(25-12-14-28-15-13-25)16-24-22(26)11-8-17-4-2-3-5-20(17)23/h2-11,21H,12-16H2,1H3,(H,24,26)/b11-8+. The van der Waals surface area contributed by atoms with Crippen LogP contribution in [0.25, 0.3) is 6.08 Å². The first kappa shape index (κ1) is 20.6. The van der Waals surface area contributed by atoms with Gasteiger partial charge in [0.1, 0.15) is 5.75 Å². The average molecular weight is 445 g/mol. The highest BCUT2D eigenvalue weighted by atomic mass is 79.9. The lowest BCUT2D eigenvalue weighted by atomic mass is 10.0. The first-order valence-corrected chi connectivity index (χ1v) is 10.1. The van der Waals surface area contributed by atoms with E-state index in [1.807, 2.05) is 42.5 Å². The molecule has 0 spiro atoms. The van der Waals surface area contributed by atoms with Gasteiger partial charge >= 0.3 is 0 Å². The van der Waals surface area contributed by atoms with E-state index in [2.05, 4.69) is 38.3 Å². The molecule has 1 atom stereocenters. The van der Waals surface area contributed by atoms with E-state index < -0.39 is 0 Å². The van der Waals surface area contributed by atoms with Gasteiger partial charge in [-0.15, -0.1) is 0 Å². The Kier molecular flexibility index (Phi) is 7.65. The van der Waals surface area contributed by atoms with Gasteiger partial charge in [0, 0.05) is 30.2 Å². The van der Waals surface area contributed by atoms with Gasteiger partial charge in [0.05, 0.1) is 26.4 Å². The summed E-state index contributed by atoms with van der Waals surface area (Å²) in [6.07, 6.45) is 3.39. The molecule has 5 nitrogen and oxygen atoms in total. The lowest BCUT2D eigenvalue weighted by Crippen LogP contribution is -2.43. The zero-order chi connectivity index (χ0) is 19.8. The van der Waals surface area contributed by atoms with Crippen molar-refractivity contribution in [2.24, 2.45) is 0 Å². The average Bonchev–Trinajstić information content (AvgIpc) is 2.74. The topological polar surface area (TPSA) is 50.8 Å². The van der Waals surface area contributed by atoms with E-state index in [1.165, 1.54) is 0 Å². The predicted molar refractivity (Wildman–Crippen MR) is 114 cm³/mol. The molecule has 28 heavy (non-hydrogen) atoms. The quantitative estimate of drug-likeness (QED) is 0.661. The number of carbonyl (C=O) groups excluding carboxylic acids is 1.